The summed E-state index contributed by atoms with van der Waals surface area (Å²) in [5, 5.41) is 9.43. The molecule has 0 aromatic heterocycles. The van der Waals surface area contributed by atoms with E-state index in [1.54, 1.807) is 0 Å². The Morgan fingerprint density at radius 3 is 2.68 bits per heavy atom. The predicted molar refractivity (Wildman–Crippen MR) is 77.5 cm³/mol. The first-order chi connectivity index (χ1) is 8.79. The van der Waals surface area contributed by atoms with Crippen LogP contribution in [0.2, 0.25) is 5.02 Å². The number of halogens is 2. The highest BCUT2D eigenvalue weighted by Crippen LogP contribution is 2.32. The summed E-state index contributed by atoms with van der Waals surface area (Å²) >= 11 is 8.98. The van der Waals surface area contributed by atoms with Crippen LogP contribution in [-0.4, -0.2) is 26.2 Å². The Bertz CT molecular complexity index is 588. The number of anilines is 1. The molecule has 5 nitrogen and oxygen atoms in total. The lowest BCUT2D eigenvalue weighted by atomic mass is 9.83. The molecule has 1 aromatic rings. The van der Waals surface area contributed by atoms with E-state index in [-0.39, 0.29) is 27.6 Å². The molecule has 0 atom stereocenters. The quantitative estimate of drug-likeness (QED) is 0.705. The number of benzene rings is 1. The summed E-state index contributed by atoms with van der Waals surface area (Å²) in [6.07, 6.45) is 0.950. The fourth-order valence-corrected chi connectivity index (χ4v) is 4.36. The zero-order valence-electron chi connectivity index (χ0n) is 9.94. The van der Waals surface area contributed by atoms with Gasteiger partial charge in [0.25, 0.3) is 0 Å². The predicted octanol–water partition coefficient (Wildman–Crippen LogP) is 1.73. The normalized spacial score (nSPS) is 23.1. The van der Waals surface area contributed by atoms with Crippen molar-refractivity contribution in [3.05, 3.63) is 21.6 Å². The van der Waals surface area contributed by atoms with Gasteiger partial charge in [0.2, 0.25) is 10.0 Å². The van der Waals surface area contributed by atoms with E-state index in [2.05, 4.69) is 20.7 Å². The summed E-state index contributed by atoms with van der Waals surface area (Å²) in [6, 6.07) is 2.83. The number of nitrogens with one attached hydrogen (secondary N) is 1. The molecule has 0 aliphatic heterocycles. The molecule has 0 unspecified atom stereocenters. The van der Waals surface area contributed by atoms with E-state index in [0.717, 1.165) is 0 Å². The van der Waals surface area contributed by atoms with Crippen LogP contribution in [0.4, 0.5) is 5.69 Å². The zero-order chi connectivity index (χ0) is 14.2. The fraction of sp³-hybridized carbons (Fsp3) is 0.455. The summed E-state index contributed by atoms with van der Waals surface area (Å²) in [7, 11) is -3.67. The van der Waals surface area contributed by atoms with Gasteiger partial charge in [0.1, 0.15) is 0 Å². The average Bonchev–Trinajstić information content (AvgIpc) is 2.27. The van der Waals surface area contributed by atoms with Gasteiger partial charge in [-0.1, -0.05) is 11.6 Å². The van der Waals surface area contributed by atoms with Gasteiger partial charge in [0.05, 0.1) is 15.5 Å². The minimum Gasteiger partial charge on any atom is -0.398 e. The van der Waals surface area contributed by atoms with Gasteiger partial charge >= 0.3 is 0 Å². The standard InChI is InChI=1S/C11H14BrClN2O3S/c12-11-9(14)3-7(13)4-10(11)19(17,18)15-5-6-1-8(16)2-6/h3-4,6,8,15-16H,1-2,5,14H2. The first-order valence-corrected chi connectivity index (χ1v) is 8.37. The highest BCUT2D eigenvalue weighted by atomic mass is 79.9. The number of nitrogen functional groups attached to an aromatic ring is 1. The van der Waals surface area contributed by atoms with E-state index >= 15 is 0 Å². The van der Waals surface area contributed by atoms with E-state index in [0.29, 0.717) is 23.9 Å². The molecule has 19 heavy (non-hydrogen) atoms. The Hall–Kier alpha value is -0.340. The van der Waals surface area contributed by atoms with E-state index < -0.39 is 10.0 Å². The minimum atomic E-state index is -3.67. The van der Waals surface area contributed by atoms with Gasteiger partial charge in [-0.2, -0.15) is 0 Å². The number of hydrogen-bond donors (Lipinski definition) is 3. The third-order valence-electron chi connectivity index (χ3n) is 3.09. The van der Waals surface area contributed by atoms with Crippen LogP contribution in [0.3, 0.4) is 0 Å². The van der Waals surface area contributed by atoms with Crippen molar-refractivity contribution in [2.24, 2.45) is 5.92 Å². The summed E-state index contributed by atoms with van der Waals surface area (Å²) < 4.78 is 27.1. The number of sulfonamides is 1. The number of hydrogen-bond acceptors (Lipinski definition) is 4. The van der Waals surface area contributed by atoms with Crippen LogP contribution in [0.1, 0.15) is 12.8 Å². The molecule has 1 aliphatic rings. The second-order valence-electron chi connectivity index (χ2n) is 4.65. The van der Waals surface area contributed by atoms with Crippen LogP contribution in [0, 0.1) is 5.92 Å². The third kappa shape index (κ3) is 3.41. The average molecular weight is 370 g/mol. The van der Waals surface area contributed by atoms with Gasteiger partial charge in [-0.05, 0) is 46.8 Å². The lowest BCUT2D eigenvalue weighted by molar-refractivity contribution is 0.0453. The Balaban J connectivity index is 2.15. The van der Waals surface area contributed by atoms with Crippen LogP contribution in [0.25, 0.3) is 0 Å². The Labute approximate surface area is 125 Å². The first-order valence-electron chi connectivity index (χ1n) is 5.72. The topological polar surface area (TPSA) is 92.4 Å². The highest BCUT2D eigenvalue weighted by molar-refractivity contribution is 9.10. The fourth-order valence-electron chi connectivity index (χ4n) is 1.95. The summed E-state index contributed by atoms with van der Waals surface area (Å²) in [5.41, 5.74) is 5.94. The molecule has 8 heteroatoms. The van der Waals surface area contributed by atoms with Gasteiger partial charge in [-0.15, -0.1) is 0 Å². The van der Waals surface area contributed by atoms with Crippen molar-refractivity contribution in [3.63, 3.8) is 0 Å². The van der Waals surface area contributed by atoms with Crippen molar-refractivity contribution in [1.29, 1.82) is 0 Å². The van der Waals surface area contributed by atoms with Gasteiger partial charge < -0.3 is 10.8 Å². The molecule has 1 aliphatic carbocycles. The monoisotopic (exact) mass is 368 g/mol. The van der Waals surface area contributed by atoms with Crippen LogP contribution >= 0.6 is 27.5 Å². The molecule has 0 spiro atoms. The maximum atomic E-state index is 12.2. The second kappa shape index (κ2) is 5.57. The van der Waals surface area contributed by atoms with Crippen molar-refractivity contribution in [1.82, 2.24) is 4.72 Å². The molecule has 1 saturated carbocycles. The third-order valence-corrected chi connectivity index (χ3v) is 5.91. The smallest absolute Gasteiger partial charge is 0.241 e. The van der Waals surface area contributed by atoms with Crippen molar-refractivity contribution in [3.8, 4) is 0 Å². The molecule has 0 bridgehead atoms. The Morgan fingerprint density at radius 2 is 2.11 bits per heavy atom. The highest BCUT2D eigenvalue weighted by Gasteiger charge is 2.29. The van der Waals surface area contributed by atoms with Gasteiger partial charge in [-0.25, -0.2) is 13.1 Å². The number of aliphatic hydroxyl groups excluding tert-OH is 1. The Morgan fingerprint density at radius 1 is 1.47 bits per heavy atom. The lowest BCUT2D eigenvalue weighted by Gasteiger charge is -2.31. The van der Waals surface area contributed by atoms with Gasteiger partial charge in [0.15, 0.2) is 0 Å². The van der Waals surface area contributed by atoms with Crippen LogP contribution in [0.15, 0.2) is 21.5 Å². The molecule has 106 valence electrons. The summed E-state index contributed by atoms with van der Waals surface area (Å²) in [6.45, 7) is 0.304. The van der Waals surface area contributed by atoms with Crippen molar-refractivity contribution in [2.75, 3.05) is 12.3 Å². The van der Waals surface area contributed by atoms with Crippen LogP contribution < -0.4 is 10.5 Å². The minimum absolute atomic E-state index is 0.0253. The molecule has 0 heterocycles. The number of rotatable bonds is 4. The largest absolute Gasteiger partial charge is 0.398 e. The summed E-state index contributed by atoms with van der Waals surface area (Å²) in [4.78, 5) is 0.0253. The maximum Gasteiger partial charge on any atom is 0.241 e. The molecule has 0 saturated heterocycles. The van der Waals surface area contributed by atoms with Crippen molar-refractivity contribution < 1.29 is 13.5 Å². The van der Waals surface area contributed by atoms with Crippen LogP contribution in [-0.2, 0) is 10.0 Å². The molecule has 1 fully saturated rings. The van der Waals surface area contributed by atoms with E-state index in [4.69, 9.17) is 22.4 Å². The van der Waals surface area contributed by atoms with E-state index in [1.165, 1.54) is 12.1 Å². The molecule has 2 rings (SSSR count). The lowest BCUT2D eigenvalue weighted by Crippen LogP contribution is -2.38. The first kappa shape index (κ1) is 15.1. The molecular weight excluding hydrogens is 356 g/mol. The van der Waals surface area contributed by atoms with Crippen LogP contribution in [0.5, 0.6) is 0 Å². The maximum absolute atomic E-state index is 12.2. The van der Waals surface area contributed by atoms with E-state index in [1.807, 2.05) is 0 Å². The Kier molecular flexibility index (Phi) is 4.42. The number of nitrogens with two attached hydrogens (primary N) is 1. The summed E-state index contributed by atoms with van der Waals surface area (Å²) in [5.74, 6) is 0.181. The molecule has 0 radical (unpaired) electrons. The molecule has 4 N–H and O–H groups in total. The molecule has 0 amide bonds. The molecule has 1 aromatic carbocycles. The molecular formula is C11H14BrClN2O3S. The second-order valence-corrected chi connectivity index (χ2v) is 7.62. The zero-order valence-corrected chi connectivity index (χ0v) is 13.1. The van der Waals surface area contributed by atoms with Gasteiger partial charge in [0, 0.05) is 17.3 Å². The van der Waals surface area contributed by atoms with E-state index in [9.17, 15) is 8.42 Å². The van der Waals surface area contributed by atoms with Crippen molar-refractivity contribution >= 4 is 43.2 Å². The van der Waals surface area contributed by atoms with Gasteiger partial charge in [-0.3, -0.25) is 0 Å². The number of aliphatic hydroxyl groups is 1. The SMILES string of the molecule is Nc1cc(Cl)cc(S(=O)(=O)NCC2CC(O)C2)c1Br. The van der Waals surface area contributed by atoms with Crippen molar-refractivity contribution in [2.45, 2.75) is 23.8 Å².